The van der Waals surface area contributed by atoms with Gasteiger partial charge in [-0.15, -0.1) is 15.3 Å². The molecular formula is C20H16ClN5O5S. The van der Waals surface area contributed by atoms with Crippen LogP contribution < -0.4 is 9.46 Å². The fraction of sp³-hybridized carbons (Fsp3) is 0.100. The second-order valence-corrected chi connectivity index (χ2v) is 8.54. The van der Waals surface area contributed by atoms with E-state index in [2.05, 4.69) is 20.0 Å². The molecule has 0 saturated carbocycles. The Morgan fingerprint density at radius 1 is 1.06 bits per heavy atom. The monoisotopic (exact) mass is 473 g/mol. The number of ether oxygens (including phenoxy) is 2. The Balaban J connectivity index is 1.78. The Kier molecular flexibility index (Phi) is 5.68. The van der Waals surface area contributed by atoms with Crippen molar-refractivity contribution >= 4 is 39.1 Å². The minimum atomic E-state index is -4.08. The van der Waals surface area contributed by atoms with E-state index < -0.39 is 16.0 Å². The van der Waals surface area contributed by atoms with E-state index in [1.807, 2.05) is 0 Å². The van der Waals surface area contributed by atoms with E-state index in [4.69, 9.17) is 21.1 Å². The van der Waals surface area contributed by atoms with Crippen molar-refractivity contribution in [1.29, 1.82) is 0 Å². The van der Waals surface area contributed by atoms with Crippen LogP contribution in [0.2, 0.25) is 5.02 Å². The van der Waals surface area contributed by atoms with Gasteiger partial charge in [-0.05, 0) is 36.4 Å². The van der Waals surface area contributed by atoms with Crippen molar-refractivity contribution in [2.45, 2.75) is 4.90 Å². The normalized spacial score (nSPS) is 11.3. The summed E-state index contributed by atoms with van der Waals surface area (Å²) in [6.07, 6.45) is 0. The van der Waals surface area contributed by atoms with Gasteiger partial charge in [0.1, 0.15) is 10.6 Å². The molecule has 164 valence electrons. The highest BCUT2D eigenvalue weighted by atomic mass is 35.5. The molecule has 0 fully saturated rings. The van der Waals surface area contributed by atoms with E-state index in [9.17, 15) is 13.2 Å². The van der Waals surface area contributed by atoms with E-state index in [-0.39, 0.29) is 32.9 Å². The Morgan fingerprint density at radius 2 is 1.84 bits per heavy atom. The molecule has 0 unspecified atom stereocenters. The Morgan fingerprint density at radius 3 is 2.59 bits per heavy atom. The van der Waals surface area contributed by atoms with Gasteiger partial charge in [-0.3, -0.25) is 4.72 Å². The van der Waals surface area contributed by atoms with Crippen LogP contribution >= 0.6 is 11.6 Å². The second-order valence-electron chi connectivity index (χ2n) is 6.45. The Hall–Kier alpha value is -3.70. The van der Waals surface area contributed by atoms with Gasteiger partial charge in [0.15, 0.2) is 17.3 Å². The summed E-state index contributed by atoms with van der Waals surface area (Å²) in [6, 6.07) is 13.9. The maximum absolute atomic E-state index is 13.0. The molecule has 0 spiro atoms. The molecule has 2 aromatic carbocycles. The first-order chi connectivity index (χ1) is 15.3. The van der Waals surface area contributed by atoms with Crippen LogP contribution in [-0.2, 0) is 14.8 Å². The number of carbonyl (C=O) groups is 1. The lowest BCUT2D eigenvalue weighted by atomic mass is 10.1. The number of fused-ring (bicyclic) bond motifs is 1. The molecule has 4 rings (SSSR count). The number of nitrogens with one attached hydrogen (secondary N) is 1. The van der Waals surface area contributed by atoms with E-state index in [1.54, 1.807) is 24.3 Å². The predicted octanol–water partition coefficient (Wildman–Crippen LogP) is 3.04. The number of anilines is 1. The largest absolute Gasteiger partial charge is 0.495 e. The molecule has 0 aliphatic heterocycles. The van der Waals surface area contributed by atoms with Crippen molar-refractivity contribution in [1.82, 2.24) is 19.8 Å². The number of esters is 1. The molecule has 0 radical (unpaired) electrons. The van der Waals surface area contributed by atoms with Crippen molar-refractivity contribution in [2.75, 3.05) is 18.9 Å². The molecule has 2 heterocycles. The number of sulfonamides is 1. The minimum Gasteiger partial charge on any atom is -0.495 e. The molecule has 0 aliphatic carbocycles. The Labute approximate surface area is 187 Å². The number of hydrogen-bond acceptors (Lipinski definition) is 8. The van der Waals surface area contributed by atoms with Crippen LogP contribution in [0, 0.1) is 0 Å². The third-order valence-electron chi connectivity index (χ3n) is 4.49. The molecule has 12 heteroatoms. The SMILES string of the molecule is COC(=O)c1ccccc1-c1nnc2ccc(NS(=O)(=O)c3cc(Cl)ccc3OC)nn12. The van der Waals surface area contributed by atoms with Crippen LogP contribution in [0.3, 0.4) is 0 Å². The topological polar surface area (TPSA) is 125 Å². The molecule has 0 bridgehead atoms. The van der Waals surface area contributed by atoms with Gasteiger partial charge in [-0.1, -0.05) is 29.8 Å². The van der Waals surface area contributed by atoms with Gasteiger partial charge in [0.25, 0.3) is 10.0 Å². The summed E-state index contributed by atoms with van der Waals surface area (Å²) in [6.45, 7) is 0. The van der Waals surface area contributed by atoms with Gasteiger partial charge < -0.3 is 9.47 Å². The van der Waals surface area contributed by atoms with Gasteiger partial charge in [-0.2, -0.15) is 4.52 Å². The summed E-state index contributed by atoms with van der Waals surface area (Å²) >= 11 is 5.97. The molecule has 0 saturated heterocycles. The lowest BCUT2D eigenvalue weighted by molar-refractivity contribution is 0.0601. The van der Waals surface area contributed by atoms with Crippen LogP contribution in [0.5, 0.6) is 5.75 Å². The van der Waals surface area contributed by atoms with Gasteiger partial charge in [0.05, 0.1) is 19.8 Å². The number of nitrogens with zero attached hydrogens (tertiary/aromatic N) is 4. The van der Waals surface area contributed by atoms with Crippen molar-refractivity contribution in [2.24, 2.45) is 0 Å². The third-order valence-corrected chi connectivity index (χ3v) is 6.10. The average molecular weight is 474 g/mol. The highest BCUT2D eigenvalue weighted by Crippen LogP contribution is 2.29. The fourth-order valence-electron chi connectivity index (χ4n) is 3.03. The highest BCUT2D eigenvalue weighted by Gasteiger charge is 2.22. The van der Waals surface area contributed by atoms with Crippen LogP contribution in [-0.4, -0.2) is 48.4 Å². The zero-order valence-corrected chi connectivity index (χ0v) is 18.4. The maximum atomic E-state index is 13.0. The van der Waals surface area contributed by atoms with Crippen molar-refractivity contribution in [3.05, 3.63) is 65.2 Å². The number of rotatable bonds is 6. The van der Waals surface area contributed by atoms with Crippen LogP contribution in [0.25, 0.3) is 17.0 Å². The van der Waals surface area contributed by atoms with E-state index in [0.29, 0.717) is 11.2 Å². The van der Waals surface area contributed by atoms with Crippen molar-refractivity contribution in [3.8, 4) is 17.1 Å². The molecule has 4 aromatic rings. The summed E-state index contributed by atoms with van der Waals surface area (Å²) in [4.78, 5) is 12.0. The van der Waals surface area contributed by atoms with E-state index >= 15 is 0 Å². The van der Waals surface area contributed by atoms with Crippen molar-refractivity contribution in [3.63, 3.8) is 0 Å². The Bertz CT molecular complexity index is 1440. The summed E-state index contributed by atoms with van der Waals surface area (Å²) in [5.41, 5.74) is 1.04. The summed E-state index contributed by atoms with van der Waals surface area (Å²) in [7, 11) is -1.45. The number of hydrogen-bond donors (Lipinski definition) is 1. The van der Waals surface area contributed by atoms with Gasteiger partial charge >= 0.3 is 5.97 Å². The molecule has 0 aliphatic rings. The first-order valence-electron chi connectivity index (χ1n) is 9.10. The number of halogens is 1. The summed E-state index contributed by atoms with van der Waals surface area (Å²) in [5, 5.41) is 12.7. The number of carbonyl (C=O) groups excluding carboxylic acids is 1. The molecular weight excluding hydrogens is 458 g/mol. The smallest absolute Gasteiger partial charge is 0.338 e. The van der Waals surface area contributed by atoms with Crippen molar-refractivity contribution < 1.29 is 22.7 Å². The maximum Gasteiger partial charge on any atom is 0.338 e. The number of methoxy groups -OCH3 is 2. The fourth-order valence-corrected chi connectivity index (χ4v) is 4.46. The number of benzene rings is 2. The zero-order chi connectivity index (χ0) is 22.9. The second kappa shape index (κ2) is 8.44. The lowest BCUT2D eigenvalue weighted by Gasteiger charge is -2.12. The molecule has 1 N–H and O–H groups in total. The molecule has 0 atom stereocenters. The third kappa shape index (κ3) is 3.95. The van der Waals surface area contributed by atoms with Crippen LogP contribution in [0.1, 0.15) is 10.4 Å². The highest BCUT2D eigenvalue weighted by molar-refractivity contribution is 7.92. The van der Waals surface area contributed by atoms with E-state index in [0.717, 1.165) is 0 Å². The van der Waals surface area contributed by atoms with Crippen LogP contribution in [0.4, 0.5) is 5.82 Å². The first kappa shape index (κ1) is 21.5. The molecule has 0 amide bonds. The van der Waals surface area contributed by atoms with Crippen LogP contribution in [0.15, 0.2) is 59.5 Å². The average Bonchev–Trinajstić information content (AvgIpc) is 3.21. The minimum absolute atomic E-state index is 0.00359. The van der Waals surface area contributed by atoms with Gasteiger partial charge in [0, 0.05) is 10.6 Å². The van der Waals surface area contributed by atoms with E-state index in [1.165, 1.54) is 49.1 Å². The number of aromatic nitrogens is 4. The lowest BCUT2D eigenvalue weighted by Crippen LogP contribution is -2.16. The molecule has 2 aromatic heterocycles. The summed E-state index contributed by atoms with van der Waals surface area (Å²) in [5.74, 6) is -0.194. The molecule has 10 nitrogen and oxygen atoms in total. The molecule has 32 heavy (non-hydrogen) atoms. The predicted molar refractivity (Wildman–Crippen MR) is 116 cm³/mol. The summed E-state index contributed by atoms with van der Waals surface area (Å²) < 4.78 is 39.6. The standard InChI is InChI=1S/C20H16ClN5O5S/c1-30-15-8-7-12(21)11-16(15)32(28,29)25-17-9-10-18-22-23-19(26(18)24-17)13-5-3-4-6-14(13)20(27)31-2/h3-11H,1-2H3,(H,24,25). The first-order valence-corrected chi connectivity index (χ1v) is 11.0. The van der Waals surface area contributed by atoms with Gasteiger partial charge in [-0.25, -0.2) is 13.2 Å². The van der Waals surface area contributed by atoms with Gasteiger partial charge in [0.2, 0.25) is 0 Å². The zero-order valence-electron chi connectivity index (χ0n) is 16.8. The quantitative estimate of drug-likeness (QED) is 0.423.